The Morgan fingerprint density at radius 3 is 2.17 bits per heavy atom. The van der Waals surface area contributed by atoms with E-state index in [1.54, 1.807) is 0 Å². The van der Waals surface area contributed by atoms with Crippen molar-refractivity contribution < 1.29 is 0 Å². The topological polar surface area (TPSA) is 38.9 Å². The Kier molecular flexibility index (Phi) is 6.92. The summed E-state index contributed by atoms with van der Waals surface area (Å²) < 4.78 is 0. The van der Waals surface area contributed by atoms with Crippen LogP contribution in [0.3, 0.4) is 0 Å². The molecule has 2 N–H and O–H groups in total. The predicted octanol–water partition coefficient (Wildman–Crippen LogP) is 3.67. The Morgan fingerprint density at radius 1 is 1.00 bits per heavy atom. The van der Waals surface area contributed by atoms with Crippen LogP contribution in [0.15, 0.2) is 36.4 Å². The summed E-state index contributed by atoms with van der Waals surface area (Å²) >= 11 is 0. The second kappa shape index (κ2) is 7.37. The third-order valence-corrected chi connectivity index (χ3v) is 2.53. The van der Waals surface area contributed by atoms with Gasteiger partial charge in [-0.3, -0.25) is 4.98 Å². The second-order valence-corrected chi connectivity index (χ2v) is 4.09. The summed E-state index contributed by atoms with van der Waals surface area (Å²) in [5, 5.41) is 0. The number of hydrogen-bond donors (Lipinski definition) is 1. The molecule has 4 heteroatoms. The molecule has 0 aliphatic rings. The molecule has 1 aromatic carbocycles. The van der Waals surface area contributed by atoms with Gasteiger partial charge < -0.3 is 5.73 Å². The third kappa shape index (κ3) is 3.98. The molecular weight excluding hydrogens is 267 g/mol. The highest BCUT2D eigenvalue weighted by molar-refractivity contribution is 5.85. The number of nitrogens with zero attached hydrogens (tertiary/aromatic N) is 1. The van der Waals surface area contributed by atoms with Gasteiger partial charge in [-0.15, -0.1) is 24.8 Å². The fourth-order valence-corrected chi connectivity index (χ4v) is 1.88. The van der Waals surface area contributed by atoms with Gasteiger partial charge >= 0.3 is 0 Å². The van der Waals surface area contributed by atoms with Gasteiger partial charge in [-0.1, -0.05) is 23.3 Å². The van der Waals surface area contributed by atoms with E-state index in [-0.39, 0.29) is 24.8 Å². The van der Waals surface area contributed by atoms with E-state index in [4.69, 9.17) is 5.73 Å². The maximum Gasteiger partial charge on any atom is 0.0706 e. The van der Waals surface area contributed by atoms with Crippen molar-refractivity contribution in [3.8, 4) is 11.3 Å². The van der Waals surface area contributed by atoms with Gasteiger partial charge in [0.05, 0.1) is 11.4 Å². The molecule has 0 aliphatic heterocycles. The minimum atomic E-state index is 0. The zero-order valence-corrected chi connectivity index (χ0v) is 12.1. The van der Waals surface area contributed by atoms with E-state index in [1.807, 2.05) is 18.2 Å². The van der Waals surface area contributed by atoms with E-state index < -0.39 is 0 Å². The number of pyridine rings is 1. The Bertz CT molecular complexity index is 493. The molecule has 0 bridgehead atoms. The summed E-state index contributed by atoms with van der Waals surface area (Å²) in [4.78, 5) is 4.52. The van der Waals surface area contributed by atoms with Gasteiger partial charge in [0, 0.05) is 12.1 Å². The van der Waals surface area contributed by atoms with Crippen molar-refractivity contribution in [2.45, 2.75) is 20.4 Å². The SMILES string of the molecule is Cc1cc(C)cc(-c2cccc(CN)n2)c1.Cl.Cl. The number of rotatable bonds is 2. The van der Waals surface area contributed by atoms with Crippen LogP contribution in [0, 0.1) is 13.8 Å². The van der Waals surface area contributed by atoms with Crippen molar-refractivity contribution >= 4 is 24.8 Å². The van der Waals surface area contributed by atoms with Crippen LogP contribution in [-0.2, 0) is 6.54 Å². The molecule has 2 aromatic rings. The Balaban J connectivity index is 0.00000144. The van der Waals surface area contributed by atoms with E-state index in [9.17, 15) is 0 Å². The molecule has 1 heterocycles. The van der Waals surface area contributed by atoms with Gasteiger partial charge in [0.25, 0.3) is 0 Å². The van der Waals surface area contributed by atoms with Crippen LogP contribution >= 0.6 is 24.8 Å². The highest BCUT2D eigenvalue weighted by Crippen LogP contribution is 2.20. The van der Waals surface area contributed by atoms with Crippen molar-refractivity contribution in [1.82, 2.24) is 4.98 Å². The van der Waals surface area contributed by atoms with E-state index in [0.29, 0.717) is 6.54 Å². The lowest BCUT2D eigenvalue weighted by molar-refractivity contribution is 0.993. The zero-order chi connectivity index (χ0) is 11.5. The van der Waals surface area contributed by atoms with Crippen molar-refractivity contribution in [2.75, 3.05) is 0 Å². The molecular formula is C14H18Cl2N2. The minimum Gasteiger partial charge on any atom is -0.325 e. The number of aromatic nitrogens is 1. The highest BCUT2D eigenvalue weighted by atomic mass is 35.5. The molecule has 0 atom stereocenters. The maximum absolute atomic E-state index is 5.59. The normalized spacial score (nSPS) is 9.28. The van der Waals surface area contributed by atoms with Gasteiger partial charge in [-0.25, -0.2) is 0 Å². The van der Waals surface area contributed by atoms with Gasteiger partial charge in [-0.05, 0) is 38.1 Å². The summed E-state index contributed by atoms with van der Waals surface area (Å²) in [7, 11) is 0. The molecule has 2 rings (SSSR count). The number of benzene rings is 1. The number of halogens is 2. The summed E-state index contributed by atoms with van der Waals surface area (Å²) in [5.41, 5.74) is 11.2. The molecule has 1 aromatic heterocycles. The van der Waals surface area contributed by atoms with Crippen molar-refractivity contribution in [2.24, 2.45) is 5.73 Å². The molecule has 0 saturated carbocycles. The summed E-state index contributed by atoms with van der Waals surface area (Å²) in [5.74, 6) is 0. The number of aryl methyl sites for hydroxylation is 2. The van der Waals surface area contributed by atoms with Crippen LogP contribution in [0.1, 0.15) is 16.8 Å². The number of hydrogen-bond acceptors (Lipinski definition) is 2. The second-order valence-electron chi connectivity index (χ2n) is 4.09. The lowest BCUT2D eigenvalue weighted by Gasteiger charge is -2.05. The molecule has 98 valence electrons. The molecule has 0 aliphatic carbocycles. The maximum atomic E-state index is 5.59. The van der Waals surface area contributed by atoms with E-state index in [2.05, 4.69) is 37.0 Å². The van der Waals surface area contributed by atoms with Gasteiger partial charge in [0.15, 0.2) is 0 Å². The molecule has 0 radical (unpaired) electrons. The Morgan fingerprint density at radius 2 is 1.61 bits per heavy atom. The lowest BCUT2D eigenvalue weighted by atomic mass is 10.0. The van der Waals surface area contributed by atoms with Crippen molar-refractivity contribution in [1.29, 1.82) is 0 Å². The minimum absolute atomic E-state index is 0. The zero-order valence-electron chi connectivity index (χ0n) is 10.5. The fourth-order valence-electron chi connectivity index (χ4n) is 1.88. The van der Waals surface area contributed by atoms with Crippen molar-refractivity contribution in [3.63, 3.8) is 0 Å². The van der Waals surface area contributed by atoms with E-state index in [1.165, 1.54) is 11.1 Å². The number of nitrogens with two attached hydrogens (primary N) is 1. The highest BCUT2D eigenvalue weighted by Gasteiger charge is 2.01. The molecule has 0 spiro atoms. The van der Waals surface area contributed by atoms with Gasteiger partial charge in [-0.2, -0.15) is 0 Å². The van der Waals surface area contributed by atoms with E-state index in [0.717, 1.165) is 17.0 Å². The van der Waals surface area contributed by atoms with E-state index >= 15 is 0 Å². The molecule has 0 saturated heterocycles. The standard InChI is InChI=1S/C14H16N2.2ClH/c1-10-6-11(2)8-12(7-10)14-5-3-4-13(9-15)16-14;;/h3-8H,9,15H2,1-2H3;2*1H. The smallest absolute Gasteiger partial charge is 0.0706 e. The fraction of sp³-hybridized carbons (Fsp3) is 0.214. The first-order valence-electron chi connectivity index (χ1n) is 5.44. The third-order valence-electron chi connectivity index (χ3n) is 2.53. The first kappa shape index (κ1) is 16.9. The van der Waals surface area contributed by atoms with Crippen LogP contribution in [-0.4, -0.2) is 4.98 Å². The largest absolute Gasteiger partial charge is 0.325 e. The lowest BCUT2D eigenvalue weighted by Crippen LogP contribution is -1.99. The Hall–Kier alpha value is -1.09. The molecule has 2 nitrogen and oxygen atoms in total. The average molecular weight is 285 g/mol. The molecule has 0 unspecified atom stereocenters. The first-order chi connectivity index (χ1) is 7.69. The molecule has 18 heavy (non-hydrogen) atoms. The van der Waals surface area contributed by atoms with Crippen LogP contribution < -0.4 is 5.73 Å². The molecule has 0 fully saturated rings. The molecule has 0 amide bonds. The predicted molar refractivity (Wildman–Crippen MR) is 81.5 cm³/mol. The van der Waals surface area contributed by atoms with Crippen LogP contribution in [0.5, 0.6) is 0 Å². The van der Waals surface area contributed by atoms with Gasteiger partial charge in [0.2, 0.25) is 0 Å². The Labute approximate surface area is 120 Å². The quantitative estimate of drug-likeness (QED) is 0.914. The first-order valence-corrected chi connectivity index (χ1v) is 5.44. The van der Waals surface area contributed by atoms with Crippen LogP contribution in [0.2, 0.25) is 0 Å². The van der Waals surface area contributed by atoms with Gasteiger partial charge in [0.1, 0.15) is 0 Å². The summed E-state index contributed by atoms with van der Waals surface area (Å²) in [6, 6.07) is 12.4. The van der Waals surface area contributed by atoms with Crippen LogP contribution in [0.4, 0.5) is 0 Å². The monoisotopic (exact) mass is 284 g/mol. The van der Waals surface area contributed by atoms with Crippen LogP contribution in [0.25, 0.3) is 11.3 Å². The summed E-state index contributed by atoms with van der Waals surface area (Å²) in [6.07, 6.45) is 0. The average Bonchev–Trinajstić information content (AvgIpc) is 2.28. The van der Waals surface area contributed by atoms with Crippen molar-refractivity contribution in [3.05, 3.63) is 53.2 Å². The summed E-state index contributed by atoms with van der Waals surface area (Å²) in [6.45, 7) is 4.69.